The van der Waals surface area contributed by atoms with Crippen LogP contribution >= 0.6 is 11.8 Å². The van der Waals surface area contributed by atoms with Gasteiger partial charge in [-0.1, -0.05) is 6.08 Å². The first-order valence-corrected chi connectivity index (χ1v) is 8.01. The molecule has 0 radical (unpaired) electrons. The van der Waals surface area contributed by atoms with Crippen LogP contribution in [0.2, 0.25) is 0 Å². The molecule has 0 saturated carbocycles. The number of allylic oxidation sites excluding steroid dienone is 1. The van der Waals surface area contributed by atoms with Gasteiger partial charge in [-0.15, -0.1) is 11.8 Å². The third-order valence-electron chi connectivity index (χ3n) is 3.23. The highest BCUT2D eigenvalue weighted by Crippen LogP contribution is 2.41. The zero-order valence-corrected chi connectivity index (χ0v) is 13.5. The minimum atomic E-state index is 0.0224. The average molecular weight is 276 g/mol. The second kappa shape index (κ2) is 5.12. The molecule has 0 bridgehead atoms. The van der Waals surface area contributed by atoms with Crippen LogP contribution in [0.3, 0.4) is 0 Å². The van der Waals surface area contributed by atoms with E-state index in [1.165, 1.54) is 27.4 Å². The summed E-state index contributed by atoms with van der Waals surface area (Å²) in [5.74, 6) is 0. The third-order valence-corrected chi connectivity index (χ3v) is 3.99. The van der Waals surface area contributed by atoms with Gasteiger partial charge >= 0.3 is 0 Å². The van der Waals surface area contributed by atoms with Gasteiger partial charge in [-0.3, -0.25) is 0 Å². The second-order valence-electron chi connectivity index (χ2n) is 6.07. The Kier molecular flexibility index (Phi) is 3.86. The molecule has 19 heavy (non-hydrogen) atoms. The van der Waals surface area contributed by atoms with E-state index in [0.717, 1.165) is 0 Å². The van der Waals surface area contributed by atoms with Gasteiger partial charge in [-0.25, -0.2) is 0 Å². The molecule has 2 N–H and O–H groups in total. The standard InChI is InChI=1S/C16H24N2S/c1-10(2)17-12-7-13-11(3)9-16(4,5)18-15(13)14(8-12)19-6/h7-10,17-18H,1-6H3. The summed E-state index contributed by atoms with van der Waals surface area (Å²) in [6, 6.07) is 4.94. The van der Waals surface area contributed by atoms with Gasteiger partial charge < -0.3 is 10.6 Å². The molecule has 0 unspecified atom stereocenters. The van der Waals surface area contributed by atoms with Gasteiger partial charge in [0.25, 0.3) is 0 Å². The van der Waals surface area contributed by atoms with Crippen molar-refractivity contribution >= 4 is 28.7 Å². The SMILES string of the molecule is CSc1cc(NC(C)C)cc2c1NC(C)(C)C=C2C. The Bertz CT molecular complexity index is 516. The Balaban J connectivity index is 2.53. The zero-order chi connectivity index (χ0) is 14.2. The van der Waals surface area contributed by atoms with Gasteiger partial charge in [0.1, 0.15) is 0 Å². The summed E-state index contributed by atoms with van der Waals surface area (Å²) in [6.07, 6.45) is 4.44. The Morgan fingerprint density at radius 1 is 1.26 bits per heavy atom. The molecular formula is C16H24N2S. The molecule has 1 heterocycles. The van der Waals surface area contributed by atoms with Crippen LogP contribution in [0.4, 0.5) is 11.4 Å². The summed E-state index contributed by atoms with van der Waals surface area (Å²) in [5, 5.41) is 7.14. The predicted octanol–water partition coefficient (Wildman–Crippen LogP) is 4.84. The molecule has 0 spiro atoms. The molecule has 1 aromatic rings. The fourth-order valence-electron chi connectivity index (χ4n) is 2.61. The maximum absolute atomic E-state index is 3.64. The van der Waals surface area contributed by atoms with Crippen molar-refractivity contribution in [3.63, 3.8) is 0 Å². The van der Waals surface area contributed by atoms with Crippen LogP contribution in [0.1, 0.15) is 40.2 Å². The van der Waals surface area contributed by atoms with Crippen molar-refractivity contribution in [1.29, 1.82) is 0 Å². The lowest BCUT2D eigenvalue weighted by molar-refractivity contribution is 0.704. The topological polar surface area (TPSA) is 24.1 Å². The molecule has 0 aliphatic carbocycles. The third kappa shape index (κ3) is 3.08. The summed E-state index contributed by atoms with van der Waals surface area (Å²) in [5.41, 5.74) is 5.16. The first kappa shape index (κ1) is 14.3. The highest BCUT2D eigenvalue weighted by atomic mass is 32.2. The van der Waals surface area contributed by atoms with Gasteiger partial charge in [0, 0.05) is 22.2 Å². The molecule has 104 valence electrons. The summed E-state index contributed by atoms with van der Waals surface area (Å²) >= 11 is 1.80. The predicted molar refractivity (Wildman–Crippen MR) is 88.3 cm³/mol. The molecular weight excluding hydrogens is 252 g/mol. The second-order valence-corrected chi connectivity index (χ2v) is 6.92. The van der Waals surface area contributed by atoms with Gasteiger partial charge in [0.2, 0.25) is 0 Å². The van der Waals surface area contributed by atoms with Gasteiger partial charge in [0.15, 0.2) is 0 Å². The van der Waals surface area contributed by atoms with E-state index in [0.29, 0.717) is 6.04 Å². The fourth-order valence-corrected chi connectivity index (χ4v) is 3.22. The van der Waals surface area contributed by atoms with Gasteiger partial charge in [-0.05, 0) is 58.6 Å². The Labute approximate surface area is 121 Å². The number of nitrogens with one attached hydrogen (secondary N) is 2. The van der Waals surface area contributed by atoms with Gasteiger partial charge in [-0.2, -0.15) is 0 Å². The fraction of sp³-hybridized carbons (Fsp3) is 0.500. The Morgan fingerprint density at radius 2 is 1.95 bits per heavy atom. The molecule has 1 aliphatic rings. The number of rotatable bonds is 3. The number of hydrogen-bond donors (Lipinski definition) is 2. The molecule has 1 aliphatic heterocycles. The van der Waals surface area contributed by atoms with Gasteiger partial charge in [0.05, 0.1) is 11.2 Å². The first-order valence-electron chi connectivity index (χ1n) is 6.79. The molecule has 1 aromatic carbocycles. The van der Waals surface area contributed by atoms with E-state index >= 15 is 0 Å². The van der Waals surface area contributed by atoms with Crippen LogP contribution in [0.25, 0.3) is 5.57 Å². The number of thioether (sulfide) groups is 1. The molecule has 3 heteroatoms. The molecule has 0 fully saturated rings. The van der Waals surface area contributed by atoms with Crippen LogP contribution in [0, 0.1) is 0 Å². The molecule has 2 nitrogen and oxygen atoms in total. The summed E-state index contributed by atoms with van der Waals surface area (Å²) in [6.45, 7) is 11.0. The smallest absolute Gasteiger partial charge is 0.0562 e. The van der Waals surface area contributed by atoms with E-state index in [1.54, 1.807) is 11.8 Å². The molecule has 0 saturated heterocycles. The quantitative estimate of drug-likeness (QED) is 0.773. The summed E-state index contributed by atoms with van der Waals surface area (Å²) in [4.78, 5) is 1.31. The average Bonchev–Trinajstić information content (AvgIpc) is 2.27. The number of hydrogen-bond acceptors (Lipinski definition) is 3. The van der Waals surface area contributed by atoms with Crippen LogP contribution in [0.5, 0.6) is 0 Å². The Hall–Kier alpha value is -1.09. The summed E-state index contributed by atoms with van der Waals surface area (Å²) in [7, 11) is 0. The van der Waals surface area contributed by atoms with Crippen molar-refractivity contribution in [2.75, 3.05) is 16.9 Å². The lowest BCUT2D eigenvalue weighted by Gasteiger charge is -2.33. The van der Waals surface area contributed by atoms with E-state index in [-0.39, 0.29) is 5.54 Å². The normalized spacial score (nSPS) is 16.7. The molecule has 0 aromatic heterocycles. The molecule has 2 rings (SSSR count). The minimum absolute atomic E-state index is 0.0224. The Morgan fingerprint density at radius 3 is 2.53 bits per heavy atom. The molecule has 0 atom stereocenters. The monoisotopic (exact) mass is 276 g/mol. The number of anilines is 2. The van der Waals surface area contributed by atoms with E-state index in [2.05, 4.69) is 69.7 Å². The van der Waals surface area contributed by atoms with Crippen LogP contribution in [-0.2, 0) is 0 Å². The number of fused-ring (bicyclic) bond motifs is 1. The van der Waals surface area contributed by atoms with Crippen LogP contribution < -0.4 is 10.6 Å². The van der Waals surface area contributed by atoms with Crippen molar-refractivity contribution in [2.45, 2.75) is 51.1 Å². The molecule has 0 amide bonds. The number of benzene rings is 1. The maximum Gasteiger partial charge on any atom is 0.0562 e. The lowest BCUT2D eigenvalue weighted by Crippen LogP contribution is -2.32. The van der Waals surface area contributed by atoms with E-state index in [9.17, 15) is 0 Å². The lowest BCUT2D eigenvalue weighted by atomic mass is 9.91. The van der Waals surface area contributed by atoms with Crippen molar-refractivity contribution < 1.29 is 0 Å². The van der Waals surface area contributed by atoms with Crippen molar-refractivity contribution in [2.24, 2.45) is 0 Å². The van der Waals surface area contributed by atoms with E-state index in [4.69, 9.17) is 0 Å². The largest absolute Gasteiger partial charge is 0.383 e. The summed E-state index contributed by atoms with van der Waals surface area (Å²) < 4.78 is 0. The van der Waals surface area contributed by atoms with Crippen LogP contribution in [-0.4, -0.2) is 17.8 Å². The van der Waals surface area contributed by atoms with E-state index in [1.807, 2.05) is 0 Å². The first-order chi connectivity index (χ1) is 8.82. The highest BCUT2D eigenvalue weighted by Gasteiger charge is 2.25. The highest BCUT2D eigenvalue weighted by molar-refractivity contribution is 7.98. The maximum atomic E-state index is 3.64. The zero-order valence-electron chi connectivity index (χ0n) is 12.7. The van der Waals surface area contributed by atoms with Crippen LogP contribution in [0.15, 0.2) is 23.1 Å². The van der Waals surface area contributed by atoms with E-state index < -0.39 is 0 Å². The van der Waals surface area contributed by atoms with Crippen molar-refractivity contribution in [1.82, 2.24) is 0 Å². The van der Waals surface area contributed by atoms with Crippen molar-refractivity contribution in [3.05, 3.63) is 23.8 Å². The van der Waals surface area contributed by atoms with Crippen molar-refractivity contribution in [3.8, 4) is 0 Å². The minimum Gasteiger partial charge on any atom is -0.383 e.